The SMILES string of the molecule is CC(C)(C)[Si]O[Si](C)(O[Si](C)(C)C)O[Si](C)(C)C. The van der Waals surface area contributed by atoms with Crippen molar-refractivity contribution in [1.82, 2.24) is 0 Å². The summed E-state index contributed by atoms with van der Waals surface area (Å²) in [5, 5.41) is 0.167. The van der Waals surface area contributed by atoms with Crippen LogP contribution in [0.2, 0.25) is 50.9 Å². The van der Waals surface area contributed by atoms with Gasteiger partial charge in [0.25, 0.3) is 0 Å². The summed E-state index contributed by atoms with van der Waals surface area (Å²) < 4.78 is 18.7. The third-order valence-corrected chi connectivity index (χ3v) is 11.9. The standard InChI is InChI=1S/C11H30O3Si4/c1-11(2,3)15-12-18(10,13-16(4,5)6)14-17(7,8)9/h1-10H3. The quantitative estimate of drug-likeness (QED) is 0.689. The predicted octanol–water partition coefficient (Wildman–Crippen LogP) is 4.11. The zero-order valence-electron chi connectivity index (χ0n) is 13.7. The van der Waals surface area contributed by atoms with Crippen LogP contribution in [0.5, 0.6) is 0 Å². The van der Waals surface area contributed by atoms with Crippen LogP contribution in [0, 0.1) is 0 Å². The summed E-state index contributed by atoms with van der Waals surface area (Å²) in [5.41, 5.74) is 0. The zero-order valence-corrected chi connectivity index (χ0v) is 17.7. The molecule has 0 aromatic rings. The maximum Gasteiger partial charge on any atom is 0.466 e. The Labute approximate surface area is 119 Å². The van der Waals surface area contributed by atoms with Gasteiger partial charge in [0.1, 0.15) is 0 Å². The highest BCUT2D eigenvalue weighted by atomic mass is 28.5. The van der Waals surface area contributed by atoms with Crippen molar-refractivity contribution < 1.29 is 12.3 Å². The van der Waals surface area contributed by atoms with E-state index in [0.29, 0.717) is 9.76 Å². The Kier molecular flexibility index (Phi) is 6.27. The average Bonchev–Trinajstić information content (AvgIpc) is 1.91. The first kappa shape index (κ1) is 18.7. The van der Waals surface area contributed by atoms with Crippen LogP contribution in [0.25, 0.3) is 0 Å². The van der Waals surface area contributed by atoms with Crippen LogP contribution in [0.1, 0.15) is 20.8 Å². The lowest BCUT2D eigenvalue weighted by molar-refractivity contribution is 0.267. The predicted molar refractivity (Wildman–Crippen MR) is 87.0 cm³/mol. The highest BCUT2D eigenvalue weighted by molar-refractivity contribution is 6.86. The smallest absolute Gasteiger partial charge is 0.417 e. The lowest BCUT2D eigenvalue weighted by atomic mass is 10.3. The summed E-state index contributed by atoms with van der Waals surface area (Å²) in [6.45, 7) is 21.7. The fraction of sp³-hybridized carbons (Fsp3) is 1.00. The Morgan fingerprint density at radius 3 is 1.28 bits per heavy atom. The van der Waals surface area contributed by atoms with E-state index in [0.717, 1.165) is 0 Å². The maximum absolute atomic E-state index is 6.27. The minimum Gasteiger partial charge on any atom is -0.417 e. The zero-order chi connectivity index (χ0) is 14.8. The Balaban J connectivity index is 4.81. The third-order valence-electron chi connectivity index (χ3n) is 1.53. The molecule has 0 aliphatic rings. The van der Waals surface area contributed by atoms with Crippen molar-refractivity contribution in [2.75, 3.05) is 0 Å². The first-order valence-corrected chi connectivity index (χ1v) is 16.4. The van der Waals surface area contributed by atoms with Crippen molar-refractivity contribution in [2.24, 2.45) is 0 Å². The molecule has 0 aromatic heterocycles. The summed E-state index contributed by atoms with van der Waals surface area (Å²) in [7, 11) is -5.37. The molecule has 0 saturated carbocycles. The molecule has 7 heteroatoms. The minimum absolute atomic E-state index is 0.167. The molecule has 108 valence electrons. The van der Waals surface area contributed by atoms with Crippen molar-refractivity contribution in [3.8, 4) is 0 Å². The largest absolute Gasteiger partial charge is 0.466 e. The van der Waals surface area contributed by atoms with Gasteiger partial charge >= 0.3 is 8.80 Å². The molecule has 0 amide bonds. The van der Waals surface area contributed by atoms with Gasteiger partial charge in [-0.05, 0) is 44.3 Å². The molecule has 0 unspecified atom stereocenters. The minimum atomic E-state index is -2.49. The molecule has 0 heterocycles. The Morgan fingerprint density at radius 1 is 0.722 bits per heavy atom. The van der Waals surface area contributed by atoms with Gasteiger partial charge in [-0.3, -0.25) is 0 Å². The van der Waals surface area contributed by atoms with Gasteiger partial charge in [0.05, 0.1) is 0 Å². The van der Waals surface area contributed by atoms with Crippen LogP contribution in [0.4, 0.5) is 0 Å². The highest BCUT2D eigenvalue weighted by Gasteiger charge is 2.43. The summed E-state index contributed by atoms with van der Waals surface area (Å²) in [6.07, 6.45) is 0. The fourth-order valence-corrected chi connectivity index (χ4v) is 13.9. The summed E-state index contributed by atoms with van der Waals surface area (Å²) in [5.74, 6) is 0. The lowest BCUT2D eigenvalue weighted by Gasteiger charge is -2.38. The topological polar surface area (TPSA) is 27.7 Å². The number of hydrogen-bond donors (Lipinski definition) is 0. The Morgan fingerprint density at radius 2 is 1.06 bits per heavy atom. The lowest BCUT2D eigenvalue weighted by Crippen LogP contribution is -2.55. The van der Waals surface area contributed by atoms with Gasteiger partial charge < -0.3 is 12.3 Å². The van der Waals surface area contributed by atoms with Gasteiger partial charge in [0.2, 0.25) is 9.76 Å². The van der Waals surface area contributed by atoms with Crippen molar-refractivity contribution in [3.63, 3.8) is 0 Å². The molecule has 0 spiro atoms. The van der Waals surface area contributed by atoms with Crippen LogP contribution < -0.4 is 0 Å². The molecular weight excluding hydrogens is 292 g/mol. The van der Waals surface area contributed by atoms with E-state index in [2.05, 4.69) is 66.6 Å². The second kappa shape index (κ2) is 6.02. The Bertz CT molecular complexity index is 247. The van der Waals surface area contributed by atoms with Gasteiger partial charge in [-0.1, -0.05) is 20.8 Å². The van der Waals surface area contributed by atoms with Crippen LogP contribution in [0.3, 0.4) is 0 Å². The van der Waals surface area contributed by atoms with Crippen molar-refractivity contribution in [3.05, 3.63) is 0 Å². The highest BCUT2D eigenvalue weighted by Crippen LogP contribution is 2.26. The summed E-state index contributed by atoms with van der Waals surface area (Å²) in [6, 6.07) is 0. The molecule has 0 aliphatic heterocycles. The van der Waals surface area contributed by atoms with Gasteiger partial charge in [-0.2, -0.15) is 0 Å². The molecule has 3 nitrogen and oxygen atoms in total. The van der Waals surface area contributed by atoms with Gasteiger partial charge in [-0.15, -0.1) is 0 Å². The molecule has 2 radical (unpaired) electrons. The van der Waals surface area contributed by atoms with Crippen molar-refractivity contribution >= 4 is 35.2 Å². The number of hydrogen-bond acceptors (Lipinski definition) is 3. The van der Waals surface area contributed by atoms with E-state index >= 15 is 0 Å². The molecule has 0 rings (SSSR count). The summed E-state index contributed by atoms with van der Waals surface area (Å²) >= 11 is 0. The van der Waals surface area contributed by atoms with Crippen LogP contribution in [-0.2, 0) is 12.3 Å². The summed E-state index contributed by atoms with van der Waals surface area (Å²) in [4.78, 5) is 0. The van der Waals surface area contributed by atoms with E-state index in [4.69, 9.17) is 12.3 Å². The molecule has 0 N–H and O–H groups in total. The van der Waals surface area contributed by atoms with Gasteiger partial charge in [-0.25, -0.2) is 0 Å². The van der Waals surface area contributed by atoms with Crippen LogP contribution >= 0.6 is 0 Å². The molecule has 0 bridgehead atoms. The first-order chi connectivity index (χ1) is 7.62. The van der Waals surface area contributed by atoms with Crippen LogP contribution in [-0.4, -0.2) is 35.2 Å². The average molecular weight is 323 g/mol. The molecule has 0 fully saturated rings. The van der Waals surface area contributed by atoms with E-state index in [-0.39, 0.29) is 5.04 Å². The van der Waals surface area contributed by atoms with E-state index in [1.165, 1.54) is 0 Å². The number of rotatable bonds is 6. The normalized spacial score (nSPS) is 15.0. The van der Waals surface area contributed by atoms with Gasteiger partial charge in [0, 0.05) is 6.55 Å². The monoisotopic (exact) mass is 322 g/mol. The van der Waals surface area contributed by atoms with Crippen molar-refractivity contribution in [2.45, 2.75) is 71.6 Å². The molecule has 0 aliphatic carbocycles. The van der Waals surface area contributed by atoms with Gasteiger partial charge in [0.15, 0.2) is 16.6 Å². The second-order valence-corrected chi connectivity index (χ2v) is 22.1. The van der Waals surface area contributed by atoms with E-state index in [1.54, 1.807) is 0 Å². The molecular formula is C11H30O3Si4. The van der Waals surface area contributed by atoms with E-state index in [9.17, 15) is 0 Å². The molecule has 0 aromatic carbocycles. The fourth-order valence-electron chi connectivity index (χ4n) is 1.42. The first-order valence-electron chi connectivity index (χ1n) is 6.47. The molecule has 18 heavy (non-hydrogen) atoms. The third kappa shape index (κ3) is 10.7. The Hall–Kier alpha value is 0.748. The van der Waals surface area contributed by atoms with Crippen molar-refractivity contribution in [1.29, 1.82) is 0 Å². The maximum atomic E-state index is 6.27. The van der Waals surface area contributed by atoms with E-state index in [1.807, 2.05) is 0 Å². The molecule has 0 atom stereocenters. The van der Waals surface area contributed by atoms with E-state index < -0.39 is 25.4 Å². The second-order valence-electron chi connectivity index (χ2n) is 7.75. The van der Waals surface area contributed by atoms with Crippen LogP contribution in [0.15, 0.2) is 0 Å². The molecule has 0 saturated heterocycles.